The molecule has 16 heavy (non-hydrogen) atoms. The van der Waals surface area contributed by atoms with Crippen molar-refractivity contribution in [2.45, 2.75) is 0 Å². The van der Waals surface area contributed by atoms with Crippen LogP contribution in [-0.2, 0) is 0 Å². The number of hydrogen-bond acceptors (Lipinski definition) is 4. The van der Waals surface area contributed by atoms with Crippen LogP contribution in [0.1, 0.15) is 0 Å². The molecule has 0 saturated carbocycles. The summed E-state index contributed by atoms with van der Waals surface area (Å²) in [6.07, 6.45) is 2.79. The van der Waals surface area contributed by atoms with Gasteiger partial charge >= 0.3 is 0 Å². The minimum absolute atomic E-state index is 0.214. The molecule has 6 heteroatoms. The molecular weight excluding hydrogens is 277 g/mol. The zero-order valence-corrected chi connectivity index (χ0v) is 9.61. The third-order valence-corrected chi connectivity index (χ3v) is 2.39. The number of nitrogens with zero attached hydrogens (tertiary/aromatic N) is 2. The summed E-state index contributed by atoms with van der Waals surface area (Å²) in [7, 11) is 0. The number of anilines is 1. The molecule has 0 aliphatic carbocycles. The lowest BCUT2D eigenvalue weighted by atomic mass is 10.3. The molecule has 1 aromatic carbocycles. The second kappa shape index (κ2) is 4.44. The highest BCUT2D eigenvalue weighted by Gasteiger charge is 2.05. The summed E-state index contributed by atoms with van der Waals surface area (Å²) in [5.41, 5.74) is 5.44. The molecule has 0 unspecified atom stereocenters. The first-order valence-electron chi connectivity index (χ1n) is 4.35. The fraction of sp³-hybridized carbons (Fsp3) is 0. The Labute approximate surface area is 99.4 Å². The van der Waals surface area contributed by atoms with Crippen LogP contribution in [0.25, 0.3) is 0 Å². The Balaban J connectivity index is 2.30. The second-order valence-corrected chi connectivity index (χ2v) is 3.81. The van der Waals surface area contributed by atoms with Crippen molar-refractivity contribution in [3.63, 3.8) is 0 Å². The maximum Gasteiger partial charge on any atom is 0.239 e. The van der Waals surface area contributed by atoms with Gasteiger partial charge in [0.05, 0.1) is 16.9 Å². The fourth-order valence-corrected chi connectivity index (χ4v) is 1.41. The zero-order valence-electron chi connectivity index (χ0n) is 8.02. The van der Waals surface area contributed by atoms with Gasteiger partial charge in [-0.3, -0.25) is 4.98 Å². The van der Waals surface area contributed by atoms with E-state index >= 15 is 0 Å². The summed E-state index contributed by atoms with van der Waals surface area (Å²) in [6.45, 7) is 0. The van der Waals surface area contributed by atoms with Crippen LogP contribution in [0.15, 0.2) is 35.1 Å². The van der Waals surface area contributed by atoms with Crippen LogP contribution in [0.5, 0.6) is 11.6 Å². The van der Waals surface area contributed by atoms with Crippen molar-refractivity contribution < 1.29 is 9.13 Å². The molecule has 0 saturated heterocycles. The number of aromatic nitrogens is 2. The van der Waals surface area contributed by atoms with E-state index in [2.05, 4.69) is 25.9 Å². The van der Waals surface area contributed by atoms with E-state index in [1.165, 1.54) is 24.5 Å². The van der Waals surface area contributed by atoms with E-state index in [0.29, 0.717) is 10.2 Å². The third kappa shape index (κ3) is 2.46. The molecular formula is C10H7BrFN3O. The largest absolute Gasteiger partial charge is 0.436 e. The Morgan fingerprint density at radius 3 is 2.88 bits per heavy atom. The van der Waals surface area contributed by atoms with Gasteiger partial charge in [0.15, 0.2) is 0 Å². The van der Waals surface area contributed by atoms with Gasteiger partial charge in [0.25, 0.3) is 0 Å². The molecule has 0 aliphatic heterocycles. The van der Waals surface area contributed by atoms with Crippen molar-refractivity contribution in [2.75, 3.05) is 5.73 Å². The average molecular weight is 284 g/mol. The molecule has 0 radical (unpaired) electrons. The van der Waals surface area contributed by atoms with Gasteiger partial charge in [0.1, 0.15) is 17.4 Å². The number of nitrogen functional groups attached to an aromatic ring is 1. The standard InChI is InChI=1S/C10H7BrFN3O/c11-7-2-1-6(12)3-8(7)16-10-5-14-4-9(13)15-10/h1-5H,(H2,13,15). The first-order chi connectivity index (χ1) is 7.65. The van der Waals surface area contributed by atoms with Crippen LogP contribution in [0.4, 0.5) is 10.2 Å². The Hall–Kier alpha value is -1.69. The molecule has 0 spiro atoms. The van der Waals surface area contributed by atoms with Crippen LogP contribution in [0, 0.1) is 5.82 Å². The molecule has 1 heterocycles. The molecule has 82 valence electrons. The van der Waals surface area contributed by atoms with E-state index in [1.807, 2.05) is 0 Å². The number of nitrogens with two attached hydrogens (primary N) is 1. The average Bonchev–Trinajstić information content (AvgIpc) is 2.24. The molecule has 0 amide bonds. The van der Waals surface area contributed by atoms with Crippen molar-refractivity contribution in [2.24, 2.45) is 0 Å². The summed E-state index contributed by atoms with van der Waals surface area (Å²) >= 11 is 3.24. The topological polar surface area (TPSA) is 61.0 Å². The Morgan fingerprint density at radius 1 is 1.31 bits per heavy atom. The Kier molecular flexibility index (Phi) is 3.00. The van der Waals surface area contributed by atoms with Crippen LogP contribution in [-0.4, -0.2) is 9.97 Å². The lowest BCUT2D eigenvalue weighted by Crippen LogP contribution is -1.95. The van der Waals surface area contributed by atoms with Gasteiger partial charge in [-0.15, -0.1) is 0 Å². The lowest BCUT2D eigenvalue weighted by Gasteiger charge is -2.06. The van der Waals surface area contributed by atoms with Crippen molar-refractivity contribution in [1.82, 2.24) is 9.97 Å². The summed E-state index contributed by atoms with van der Waals surface area (Å²) in [4.78, 5) is 7.70. The summed E-state index contributed by atoms with van der Waals surface area (Å²) < 4.78 is 18.9. The van der Waals surface area contributed by atoms with Crippen LogP contribution >= 0.6 is 15.9 Å². The van der Waals surface area contributed by atoms with Gasteiger partial charge in [-0.05, 0) is 28.1 Å². The van der Waals surface area contributed by atoms with E-state index in [1.54, 1.807) is 6.07 Å². The van der Waals surface area contributed by atoms with Crippen molar-refractivity contribution >= 4 is 21.7 Å². The van der Waals surface area contributed by atoms with E-state index < -0.39 is 5.82 Å². The molecule has 4 nitrogen and oxygen atoms in total. The maximum absolute atomic E-state index is 13.0. The van der Waals surface area contributed by atoms with Crippen molar-refractivity contribution in [3.05, 3.63) is 40.9 Å². The quantitative estimate of drug-likeness (QED) is 0.921. The smallest absolute Gasteiger partial charge is 0.239 e. The lowest BCUT2D eigenvalue weighted by molar-refractivity contribution is 0.453. The van der Waals surface area contributed by atoms with Crippen molar-refractivity contribution in [3.8, 4) is 11.6 Å². The molecule has 2 aromatic rings. The number of halogens is 2. The van der Waals surface area contributed by atoms with Gasteiger partial charge in [0.2, 0.25) is 5.88 Å². The number of hydrogen-bond donors (Lipinski definition) is 1. The van der Waals surface area contributed by atoms with Crippen LogP contribution in [0.2, 0.25) is 0 Å². The highest BCUT2D eigenvalue weighted by Crippen LogP contribution is 2.29. The van der Waals surface area contributed by atoms with Crippen LogP contribution < -0.4 is 10.5 Å². The normalized spacial score (nSPS) is 10.1. The summed E-state index contributed by atoms with van der Waals surface area (Å²) in [6, 6.07) is 4.11. The molecule has 2 rings (SSSR count). The SMILES string of the molecule is Nc1cncc(Oc2cc(F)ccc2Br)n1. The predicted octanol–water partition coefficient (Wildman–Crippen LogP) is 2.75. The van der Waals surface area contributed by atoms with Gasteiger partial charge in [-0.1, -0.05) is 0 Å². The zero-order chi connectivity index (χ0) is 11.5. The fourth-order valence-electron chi connectivity index (χ4n) is 1.08. The van der Waals surface area contributed by atoms with E-state index in [9.17, 15) is 4.39 Å². The van der Waals surface area contributed by atoms with Gasteiger partial charge < -0.3 is 10.5 Å². The molecule has 0 atom stereocenters. The van der Waals surface area contributed by atoms with Gasteiger partial charge in [-0.2, -0.15) is 4.98 Å². The van der Waals surface area contributed by atoms with Gasteiger partial charge in [0, 0.05) is 6.07 Å². The van der Waals surface area contributed by atoms with Crippen molar-refractivity contribution in [1.29, 1.82) is 0 Å². The monoisotopic (exact) mass is 283 g/mol. The maximum atomic E-state index is 13.0. The molecule has 1 aromatic heterocycles. The Bertz CT molecular complexity index is 521. The van der Waals surface area contributed by atoms with E-state index in [0.717, 1.165) is 0 Å². The second-order valence-electron chi connectivity index (χ2n) is 2.96. The molecule has 2 N–H and O–H groups in total. The van der Waals surface area contributed by atoms with Gasteiger partial charge in [-0.25, -0.2) is 4.39 Å². The molecule has 0 bridgehead atoms. The predicted molar refractivity (Wildman–Crippen MR) is 60.6 cm³/mol. The molecule has 0 fully saturated rings. The summed E-state index contributed by atoms with van der Waals surface area (Å²) in [5, 5.41) is 0. The summed E-state index contributed by atoms with van der Waals surface area (Å²) in [5.74, 6) is 0.381. The van der Waals surface area contributed by atoms with E-state index in [-0.39, 0.29) is 11.7 Å². The number of rotatable bonds is 2. The number of ether oxygens (including phenoxy) is 1. The highest BCUT2D eigenvalue weighted by atomic mass is 79.9. The molecule has 0 aliphatic rings. The highest BCUT2D eigenvalue weighted by molar-refractivity contribution is 9.10. The van der Waals surface area contributed by atoms with E-state index in [4.69, 9.17) is 10.5 Å². The first-order valence-corrected chi connectivity index (χ1v) is 5.15. The minimum Gasteiger partial charge on any atom is -0.436 e. The van der Waals surface area contributed by atoms with Crippen LogP contribution in [0.3, 0.4) is 0 Å². The number of benzene rings is 1. The first kappa shape index (κ1) is 10.8. The Morgan fingerprint density at radius 2 is 2.12 bits per heavy atom. The third-order valence-electron chi connectivity index (χ3n) is 1.74. The minimum atomic E-state index is -0.393.